The van der Waals surface area contributed by atoms with Crippen molar-refractivity contribution in [3.8, 4) is 5.75 Å². The van der Waals surface area contributed by atoms with E-state index in [1.807, 2.05) is 0 Å². The molecule has 0 N–H and O–H groups in total. The molecule has 28 heavy (non-hydrogen) atoms. The van der Waals surface area contributed by atoms with Crippen LogP contribution in [0.25, 0.3) is 0 Å². The molecule has 6 rings (SSSR count). The normalized spacial score (nSPS) is 30.6. The van der Waals surface area contributed by atoms with Crippen molar-refractivity contribution in [3.63, 3.8) is 0 Å². The maximum absolute atomic E-state index is 5.42. The molecule has 0 aliphatic heterocycles. The standard InChI is InChI=1S/C26H33NO/c1-17(2)20-4-6-23(7-5-20)27(24-8-10-25(28-3)11-9-24)26-21-13-18-12-19(15-21)16-22(26)14-18/h4-11,17-19,21-22,26H,12-16H2,1-3H3. The van der Waals surface area contributed by atoms with Crippen LogP contribution in [0.2, 0.25) is 0 Å². The lowest BCUT2D eigenvalue weighted by Crippen LogP contribution is -2.54. The van der Waals surface area contributed by atoms with Crippen LogP contribution in [0.15, 0.2) is 48.5 Å². The molecule has 2 heteroatoms. The minimum atomic E-state index is 0.574. The zero-order chi connectivity index (χ0) is 19.3. The Balaban J connectivity index is 1.54. The molecule has 0 radical (unpaired) electrons. The number of hydrogen-bond donors (Lipinski definition) is 0. The van der Waals surface area contributed by atoms with Crippen molar-refractivity contribution in [2.24, 2.45) is 23.7 Å². The summed E-state index contributed by atoms with van der Waals surface area (Å²) in [5.74, 6) is 5.21. The highest BCUT2D eigenvalue weighted by Crippen LogP contribution is 2.56. The summed E-state index contributed by atoms with van der Waals surface area (Å²) in [6, 6.07) is 18.7. The van der Waals surface area contributed by atoms with Crippen molar-refractivity contribution in [2.45, 2.75) is 57.9 Å². The zero-order valence-corrected chi connectivity index (χ0v) is 17.5. The molecule has 0 amide bonds. The Hall–Kier alpha value is -1.96. The van der Waals surface area contributed by atoms with E-state index in [2.05, 4.69) is 67.3 Å². The molecule has 0 spiro atoms. The molecule has 148 valence electrons. The van der Waals surface area contributed by atoms with Gasteiger partial charge in [0, 0.05) is 17.4 Å². The second-order valence-electron chi connectivity index (χ2n) is 9.74. The third-order valence-electron chi connectivity index (χ3n) is 7.66. The molecule has 2 aromatic carbocycles. The second kappa shape index (κ2) is 7.13. The Kier molecular flexibility index (Phi) is 4.61. The first-order chi connectivity index (χ1) is 13.6. The highest BCUT2D eigenvalue weighted by Gasteiger charge is 2.50. The Morgan fingerprint density at radius 2 is 1.25 bits per heavy atom. The molecule has 4 saturated carbocycles. The van der Waals surface area contributed by atoms with E-state index in [0.717, 1.165) is 29.4 Å². The van der Waals surface area contributed by atoms with Crippen LogP contribution in [-0.4, -0.2) is 13.2 Å². The first kappa shape index (κ1) is 18.1. The van der Waals surface area contributed by atoms with Crippen LogP contribution in [-0.2, 0) is 0 Å². The molecule has 2 aromatic rings. The van der Waals surface area contributed by atoms with Crippen LogP contribution < -0.4 is 9.64 Å². The van der Waals surface area contributed by atoms with Gasteiger partial charge < -0.3 is 9.64 Å². The molecule has 4 fully saturated rings. The fourth-order valence-electron chi connectivity index (χ4n) is 6.57. The van der Waals surface area contributed by atoms with Gasteiger partial charge in [-0.05, 0) is 104 Å². The second-order valence-corrected chi connectivity index (χ2v) is 9.74. The number of nitrogens with zero attached hydrogens (tertiary/aromatic N) is 1. The van der Waals surface area contributed by atoms with Crippen molar-refractivity contribution in [1.29, 1.82) is 0 Å². The van der Waals surface area contributed by atoms with E-state index < -0.39 is 0 Å². The number of methoxy groups -OCH3 is 1. The summed E-state index contributed by atoms with van der Waals surface area (Å²) in [4.78, 5) is 2.68. The average molecular weight is 376 g/mol. The summed E-state index contributed by atoms with van der Waals surface area (Å²) < 4.78 is 5.42. The van der Waals surface area contributed by atoms with Gasteiger partial charge in [0.2, 0.25) is 0 Å². The van der Waals surface area contributed by atoms with Gasteiger partial charge in [0.15, 0.2) is 0 Å². The van der Waals surface area contributed by atoms with E-state index >= 15 is 0 Å². The Morgan fingerprint density at radius 3 is 1.71 bits per heavy atom. The monoisotopic (exact) mass is 375 g/mol. The molecule has 4 aliphatic rings. The lowest BCUT2D eigenvalue weighted by molar-refractivity contribution is 0.000528. The SMILES string of the molecule is COc1ccc(N(c2ccc(C(C)C)cc2)C2C3CC4CC(C3)CC2C4)cc1. The van der Waals surface area contributed by atoms with E-state index in [9.17, 15) is 0 Å². The van der Waals surface area contributed by atoms with Gasteiger partial charge in [-0.2, -0.15) is 0 Å². The van der Waals surface area contributed by atoms with Crippen LogP contribution in [0.1, 0.15) is 57.4 Å². The van der Waals surface area contributed by atoms with Crippen molar-refractivity contribution < 1.29 is 4.74 Å². The maximum atomic E-state index is 5.42. The van der Waals surface area contributed by atoms with Crippen LogP contribution in [0.4, 0.5) is 11.4 Å². The fraction of sp³-hybridized carbons (Fsp3) is 0.538. The lowest BCUT2D eigenvalue weighted by Gasteiger charge is -2.57. The zero-order valence-electron chi connectivity index (χ0n) is 17.5. The highest BCUT2D eigenvalue weighted by atomic mass is 16.5. The van der Waals surface area contributed by atoms with Gasteiger partial charge in [0.1, 0.15) is 5.75 Å². The molecule has 2 nitrogen and oxygen atoms in total. The number of rotatable bonds is 5. The summed E-state index contributed by atoms with van der Waals surface area (Å²) in [5.41, 5.74) is 4.09. The maximum Gasteiger partial charge on any atom is 0.119 e. The van der Waals surface area contributed by atoms with E-state index in [-0.39, 0.29) is 0 Å². The number of hydrogen-bond acceptors (Lipinski definition) is 2. The van der Waals surface area contributed by atoms with Gasteiger partial charge in [-0.3, -0.25) is 0 Å². The number of ether oxygens (including phenoxy) is 1. The van der Waals surface area contributed by atoms with Gasteiger partial charge in [0.25, 0.3) is 0 Å². The molecule has 0 aromatic heterocycles. The molecule has 0 heterocycles. The van der Waals surface area contributed by atoms with E-state index in [1.165, 1.54) is 49.0 Å². The Labute approximate surface area is 169 Å². The minimum absolute atomic E-state index is 0.574. The summed E-state index contributed by atoms with van der Waals surface area (Å²) in [7, 11) is 1.75. The van der Waals surface area contributed by atoms with Crippen LogP contribution >= 0.6 is 0 Å². The van der Waals surface area contributed by atoms with Crippen molar-refractivity contribution in [2.75, 3.05) is 12.0 Å². The smallest absolute Gasteiger partial charge is 0.119 e. The topological polar surface area (TPSA) is 12.5 Å². The molecular formula is C26H33NO. The molecule has 4 bridgehead atoms. The summed E-state index contributed by atoms with van der Waals surface area (Å²) in [6.07, 6.45) is 7.26. The summed E-state index contributed by atoms with van der Waals surface area (Å²) >= 11 is 0. The van der Waals surface area contributed by atoms with Gasteiger partial charge >= 0.3 is 0 Å². The van der Waals surface area contributed by atoms with Gasteiger partial charge in [-0.15, -0.1) is 0 Å². The third-order valence-corrected chi connectivity index (χ3v) is 7.66. The lowest BCUT2D eigenvalue weighted by atomic mass is 9.53. The quantitative estimate of drug-likeness (QED) is 0.571. The third kappa shape index (κ3) is 3.11. The molecule has 0 unspecified atom stereocenters. The molecule has 0 saturated heterocycles. The first-order valence-electron chi connectivity index (χ1n) is 11.2. The van der Waals surface area contributed by atoms with E-state index in [4.69, 9.17) is 4.74 Å². The van der Waals surface area contributed by atoms with E-state index in [0.29, 0.717) is 12.0 Å². The van der Waals surface area contributed by atoms with Crippen LogP contribution in [0, 0.1) is 23.7 Å². The molecule has 0 atom stereocenters. The Bertz CT molecular complexity index is 779. The Morgan fingerprint density at radius 1 is 0.750 bits per heavy atom. The summed E-state index contributed by atoms with van der Waals surface area (Å²) in [6.45, 7) is 4.54. The van der Waals surface area contributed by atoms with E-state index in [1.54, 1.807) is 7.11 Å². The number of benzene rings is 2. The predicted octanol–water partition coefficient (Wildman–Crippen LogP) is 6.78. The fourth-order valence-corrected chi connectivity index (χ4v) is 6.57. The van der Waals surface area contributed by atoms with Crippen molar-refractivity contribution >= 4 is 11.4 Å². The van der Waals surface area contributed by atoms with Crippen molar-refractivity contribution in [3.05, 3.63) is 54.1 Å². The van der Waals surface area contributed by atoms with Gasteiger partial charge in [0.05, 0.1) is 7.11 Å². The molecule has 4 aliphatic carbocycles. The predicted molar refractivity (Wildman–Crippen MR) is 116 cm³/mol. The van der Waals surface area contributed by atoms with Crippen LogP contribution in [0.5, 0.6) is 5.75 Å². The number of anilines is 2. The van der Waals surface area contributed by atoms with Gasteiger partial charge in [-0.1, -0.05) is 26.0 Å². The molecular weight excluding hydrogens is 342 g/mol. The first-order valence-corrected chi connectivity index (χ1v) is 11.2. The highest BCUT2D eigenvalue weighted by molar-refractivity contribution is 5.66. The van der Waals surface area contributed by atoms with Gasteiger partial charge in [-0.25, -0.2) is 0 Å². The van der Waals surface area contributed by atoms with Crippen molar-refractivity contribution in [1.82, 2.24) is 0 Å². The largest absolute Gasteiger partial charge is 0.497 e. The average Bonchev–Trinajstić information content (AvgIpc) is 2.70. The summed E-state index contributed by atoms with van der Waals surface area (Å²) in [5, 5.41) is 0. The van der Waals surface area contributed by atoms with Crippen LogP contribution in [0.3, 0.4) is 0 Å². The minimum Gasteiger partial charge on any atom is -0.497 e.